The van der Waals surface area contributed by atoms with Gasteiger partial charge in [-0.3, -0.25) is 14.7 Å². The summed E-state index contributed by atoms with van der Waals surface area (Å²) in [4.78, 5) is 23.4. The third-order valence-corrected chi connectivity index (χ3v) is 5.96. The van der Waals surface area contributed by atoms with Crippen molar-refractivity contribution in [1.29, 1.82) is 0 Å². The molecule has 26 heavy (non-hydrogen) atoms. The standard InChI is InChI=1S/C21H28N4O/c1-23(20-6-4-5-17-15-22-10-7-19(17)20)18-8-13-24(14-9-18)16-21(26)25-11-2-3-12-25/h4-7,10,15,18H,2-3,8-9,11-14,16H2,1H3. The van der Waals surface area contributed by atoms with Gasteiger partial charge in [0.2, 0.25) is 5.91 Å². The van der Waals surface area contributed by atoms with Gasteiger partial charge in [0.25, 0.3) is 0 Å². The van der Waals surface area contributed by atoms with Gasteiger partial charge in [0, 0.05) is 68.1 Å². The number of carbonyl (C=O) groups is 1. The predicted molar refractivity (Wildman–Crippen MR) is 105 cm³/mol. The van der Waals surface area contributed by atoms with Crippen molar-refractivity contribution in [2.75, 3.05) is 44.7 Å². The van der Waals surface area contributed by atoms with E-state index in [0.29, 0.717) is 18.5 Å². The molecule has 2 aliphatic heterocycles. The van der Waals surface area contributed by atoms with Crippen LogP contribution in [0.25, 0.3) is 10.8 Å². The number of pyridine rings is 1. The monoisotopic (exact) mass is 352 g/mol. The quantitative estimate of drug-likeness (QED) is 0.848. The largest absolute Gasteiger partial charge is 0.371 e. The Morgan fingerprint density at radius 2 is 1.92 bits per heavy atom. The molecule has 2 fully saturated rings. The Morgan fingerprint density at radius 3 is 2.69 bits per heavy atom. The first-order valence-corrected chi connectivity index (χ1v) is 9.78. The molecule has 4 rings (SSSR count). The van der Waals surface area contributed by atoms with Crippen LogP contribution >= 0.6 is 0 Å². The van der Waals surface area contributed by atoms with Gasteiger partial charge in [-0.1, -0.05) is 12.1 Å². The molecule has 0 bridgehead atoms. The molecule has 5 heteroatoms. The predicted octanol–water partition coefficient (Wildman–Crippen LogP) is 2.76. The molecule has 0 atom stereocenters. The molecule has 138 valence electrons. The molecule has 1 aromatic carbocycles. The van der Waals surface area contributed by atoms with Gasteiger partial charge in [0.15, 0.2) is 0 Å². The summed E-state index contributed by atoms with van der Waals surface area (Å²) in [5.74, 6) is 0.316. The molecule has 1 amide bonds. The number of likely N-dealkylation sites (tertiary alicyclic amines) is 2. The first-order chi connectivity index (χ1) is 12.7. The van der Waals surface area contributed by atoms with Crippen molar-refractivity contribution >= 4 is 22.4 Å². The van der Waals surface area contributed by atoms with Gasteiger partial charge >= 0.3 is 0 Å². The number of benzene rings is 1. The summed E-state index contributed by atoms with van der Waals surface area (Å²) in [6.45, 7) is 4.50. The molecule has 1 aromatic heterocycles. The molecule has 0 unspecified atom stereocenters. The number of anilines is 1. The van der Waals surface area contributed by atoms with Crippen LogP contribution in [0.2, 0.25) is 0 Å². The number of piperidine rings is 1. The average Bonchev–Trinajstić information content (AvgIpc) is 3.23. The maximum atomic E-state index is 12.4. The normalized spacial score (nSPS) is 19.2. The fraction of sp³-hybridized carbons (Fsp3) is 0.524. The fourth-order valence-electron chi connectivity index (χ4n) is 4.33. The maximum Gasteiger partial charge on any atom is 0.236 e. The molecule has 0 spiro atoms. The molecule has 2 aromatic rings. The molecule has 0 N–H and O–H groups in total. The number of fused-ring (bicyclic) bond motifs is 1. The molecule has 2 aliphatic rings. The first-order valence-electron chi connectivity index (χ1n) is 9.78. The Hall–Kier alpha value is -2.14. The summed E-state index contributed by atoms with van der Waals surface area (Å²) < 4.78 is 0. The van der Waals surface area contributed by atoms with E-state index in [1.807, 2.05) is 17.3 Å². The van der Waals surface area contributed by atoms with Crippen LogP contribution in [0, 0.1) is 0 Å². The summed E-state index contributed by atoms with van der Waals surface area (Å²) in [5, 5.41) is 2.45. The molecular formula is C21H28N4O. The third kappa shape index (κ3) is 3.54. The number of aromatic nitrogens is 1. The number of nitrogens with zero attached hydrogens (tertiary/aromatic N) is 4. The lowest BCUT2D eigenvalue weighted by Gasteiger charge is -2.38. The fourth-order valence-corrected chi connectivity index (χ4v) is 4.33. The van der Waals surface area contributed by atoms with Crippen LogP contribution in [-0.4, -0.2) is 66.5 Å². The van der Waals surface area contributed by atoms with E-state index in [1.165, 1.54) is 29.3 Å². The lowest BCUT2D eigenvalue weighted by atomic mass is 10.0. The molecule has 0 aliphatic carbocycles. The summed E-state index contributed by atoms with van der Waals surface area (Å²) in [6.07, 6.45) is 8.33. The average molecular weight is 352 g/mol. The second-order valence-corrected chi connectivity index (χ2v) is 7.58. The highest BCUT2D eigenvalue weighted by Gasteiger charge is 2.26. The van der Waals surface area contributed by atoms with Gasteiger partial charge in [-0.05, 0) is 37.8 Å². The first kappa shape index (κ1) is 17.3. The number of hydrogen-bond donors (Lipinski definition) is 0. The van der Waals surface area contributed by atoms with Gasteiger partial charge in [-0.15, -0.1) is 0 Å². The molecule has 0 saturated carbocycles. The summed E-state index contributed by atoms with van der Waals surface area (Å²) >= 11 is 0. The van der Waals surface area contributed by atoms with Gasteiger partial charge < -0.3 is 9.80 Å². The smallest absolute Gasteiger partial charge is 0.236 e. The lowest BCUT2D eigenvalue weighted by Crippen LogP contribution is -2.47. The van der Waals surface area contributed by atoms with Crippen molar-refractivity contribution in [3.8, 4) is 0 Å². The number of rotatable bonds is 4. The van der Waals surface area contributed by atoms with Crippen molar-refractivity contribution in [3.05, 3.63) is 36.7 Å². The van der Waals surface area contributed by atoms with Crippen molar-refractivity contribution in [1.82, 2.24) is 14.8 Å². The van der Waals surface area contributed by atoms with E-state index in [-0.39, 0.29) is 0 Å². The topological polar surface area (TPSA) is 39.7 Å². The van der Waals surface area contributed by atoms with E-state index < -0.39 is 0 Å². The van der Waals surface area contributed by atoms with Crippen molar-refractivity contribution in [2.45, 2.75) is 31.7 Å². The van der Waals surface area contributed by atoms with Crippen LogP contribution in [0.5, 0.6) is 0 Å². The number of amides is 1. The Balaban J connectivity index is 1.37. The minimum Gasteiger partial charge on any atom is -0.371 e. The Morgan fingerprint density at radius 1 is 1.15 bits per heavy atom. The molecule has 3 heterocycles. The highest BCUT2D eigenvalue weighted by molar-refractivity contribution is 5.93. The summed E-state index contributed by atoms with van der Waals surface area (Å²) in [7, 11) is 2.20. The molecule has 5 nitrogen and oxygen atoms in total. The van der Waals surface area contributed by atoms with E-state index in [1.54, 1.807) is 0 Å². The van der Waals surface area contributed by atoms with Crippen LogP contribution in [0.1, 0.15) is 25.7 Å². The Labute approximate surface area is 155 Å². The molecule has 2 saturated heterocycles. The van der Waals surface area contributed by atoms with Crippen molar-refractivity contribution in [2.24, 2.45) is 0 Å². The van der Waals surface area contributed by atoms with Gasteiger partial charge in [0.1, 0.15) is 0 Å². The minimum absolute atomic E-state index is 0.316. The van der Waals surface area contributed by atoms with E-state index in [9.17, 15) is 4.79 Å². The minimum atomic E-state index is 0.316. The van der Waals surface area contributed by atoms with Crippen LogP contribution in [0.4, 0.5) is 5.69 Å². The second-order valence-electron chi connectivity index (χ2n) is 7.58. The Bertz CT molecular complexity index is 758. The number of carbonyl (C=O) groups excluding carboxylic acids is 1. The highest BCUT2D eigenvalue weighted by atomic mass is 16.2. The van der Waals surface area contributed by atoms with E-state index >= 15 is 0 Å². The number of hydrogen-bond acceptors (Lipinski definition) is 4. The van der Waals surface area contributed by atoms with Crippen LogP contribution in [-0.2, 0) is 4.79 Å². The maximum absolute atomic E-state index is 12.4. The molecular weight excluding hydrogens is 324 g/mol. The highest BCUT2D eigenvalue weighted by Crippen LogP contribution is 2.29. The van der Waals surface area contributed by atoms with Crippen molar-refractivity contribution < 1.29 is 4.79 Å². The zero-order valence-corrected chi connectivity index (χ0v) is 15.6. The van der Waals surface area contributed by atoms with Gasteiger partial charge in [-0.2, -0.15) is 0 Å². The van der Waals surface area contributed by atoms with Crippen LogP contribution < -0.4 is 4.90 Å². The van der Waals surface area contributed by atoms with Crippen LogP contribution in [0.3, 0.4) is 0 Å². The summed E-state index contributed by atoms with van der Waals surface area (Å²) in [5.41, 5.74) is 1.27. The zero-order valence-electron chi connectivity index (χ0n) is 15.6. The van der Waals surface area contributed by atoms with E-state index in [4.69, 9.17) is 0 Å². The molecule has 0 radical (unpaired) electrons. The van der Waals surface area contributed by atoms with Crippen molar-refractivity contribution in [3.63, 3.8) is 0 Å². The second kappa shape index (κ2) is 7.62. The summed E-state index contributed by atoms with van der Waals surface area (Å²) in [6, 6.07) is 9.05. The van der Waals surface area contributed by atoms with Gasteiger partial charge in [0.05, 0.1) is 6.54 Å². The van der Waals surface area contributed by atoms with Crippen LogP contribution in [0.15, 0.2) is 36.7 Å². The van der Waals surface area contributed by atoms with E-state index in [0.717, 1.165) is 39.0 Å². The van der Waals surface area contributed by atoms with Gasteiger partial charge in [-0.25, -0.2) is 0 Å². The lowest BCUT2D eigenvalue weighted by molar-refractivity contribution is -0.131. The SMILES string of the molecule is CN(c1cccc2cnccc12)C1CCN(CC(=O)N2CCCC2)CC1. The third-order valence-electron chi connectivity index (χ3n) is 5.96. The Kier molecular flexibility index (Phi) is 5.07. The zero-order chi connectivity index (χ0) is 17.9. The van der Waals surface area contributed by atoms with E-state index in [2.05, 4.69) is 46.1 Å².